The third kappa shape index (κ3) is 14.7. The Morgan fingerprint density at radius 3 is 1.78 bits per heavy atom. The minimum atomic E-state index is -0.920. The number of allylic oxidation sites excluding steroid dienone is 4. The Morgan fingerprint density at radius 1 is 0.676 bits per heavy atom. The van der Waals surface area contributed by atoms with Gasteiger partial charge in [-0.15, -0.1) is 0 Å². The van der Waals surface area contributed by atoms with Gasteiger partial charge in [0, 0.05) is 77.3 Å². The number of H-pyrrole nitrogens is 3. The van der Waals surface area contributed by atoms with E-state index in [-0.39, 0.29) is 55.8 Å². The van der Waals surface area contributed by atoms with Crippen molar-refractivity contribution in [3.8, 4) is 0 Å². The molecule has 2 aliphatic rings. The molecule has 0 aromatic carbocycles. The van der Waals surface area contributed by atoms with Gasteiger partial charge in [-0.25, -0.2) is 15.0 Å². The Hall–Kier alpha value is -7.36. The highest BCUT2D eigenvalue weighted by Gasteiger charge is 2.29. The maximum atomic E-state index is 14.2. The van der Waals surface area contributed by atoms with Crippen molar-refractivity contribution >= 4 is 86.2 Å². The molecule has 4 aromatic rings. The molecule has 7 N–H and O–H groups in total. The summed E-state index contributed by atoms with van der Waals surface area (Å²) < 4.78 is 4.71. The zero-order valence-electron chi connectivity index (χ0n) is 44.3. The molecule has 0 saturated heterocycles. The van der Waals surface area contributed by atoms with Gasteiger partial charge in [0.15, 0.2) is 0 Å². The third-order valence-corrected chi connectivity index (χ3v) is 14.0. The molecular weight excluding hydrogens is 935 g/mol. The number of hydrogen-bond acceptors (Lipinski definition) is 9. The van der Waals surface area contributed by atoms with Crippen molar-refractivity contribution in [2.45, 2.75) is 150 Å². The molecular formula is C58H75N9O7. The number of methoxy groups -OCH3 is 1. The molecule has 6 rings (SSSR count). The summed E-state index contributed by atoms with van der Waals surface area (Å²) in [4.78, 5) is 89.8. The lowest BCUT2D eigenvalue weighted by Crippen LogP contribution is -2.54. The molecule has 0 aliphatic carbocycles. The van der Waals surface area contributed by atoms with Crippen molar-refractivity contribution in [1.82, 2.24) is 45.9 Å². The number of hydrogen-bond donors (Lipinski definition) is 7. The molecule has 3 amide bonds. The number of aliphatic carboxylic acids is 1. The van der Waals surface area contributed by atoms with E-state index in [0.29, 0.717) is 47.9 Å². The van der Waals surface area contributed by atoms with Gasteiger partial charge in [-0.2, -0.15) is 0 Å². The van der Waals surface area contributed by atoms with Crippen LogP contribution in [0.4, 0.5) is 0 Å². The van der Waals surface area contributed by atoms with Crippen molar-refractivity contribution in [3.05, 3.63) is 101 Å². The Balaban J connectivity index is 1.22. The summed E-state index contributed by atoms with van der Waals surface area (Å²) in [6, 6.07) is 6.09. The number of nitrogens with zero attached hydrogens (tertiary/aromatic N) is 3. The second-order valence-corrected chi connectivity index (χ2v) is 19.9. The summed E-state index contributed by atoms with van der Waals surface area (Å²) in [5, 5.41) is 18.7. The summed E-state index contributed by atoms with van der Waals surface area (Å²) in [6.45, 7) is 20.6. The topological polar surface area (TPSA) is 237 Å². The number of carboxylic acids is 1. The summed E-state index contributed by atoms with van der Waals surface area (Å²) in [5.41, 5.74) is 13.9. The molecule has 2 unspecified atom stereocenters. The number of fused-ring (bicyclic) bond motifs is 8. The van der Waals surface area contributed by atoms with Gasteiger partial charge < -0.3 is 40.7 Å². The van der Waals surface area contributed by atoms with Gasteiger partial charge >= 0.3 is 11.9 Å². The number of amides is 3. The highest BCUT2D eigenvalue weighted by Crippen LogP contribution is 2.38. The van der Waals surface area contributed by atoms with Crippen LogP contribution >= 0.6 is 0 Å². The molecule has 4 aromatic heterocycles. The number of imidazole rings is 1. The van der Waals surface area contributed by atoms with Crippen LogP contribution in [0, 0.1) is 19.8 Å². The first-order valence-corrected chi connectivity index (χ1v) is 26.1. The summed E-state index contributed by atoms with van der Waals surface area (Å²) in [7, 11) is 1.41. The van der Waals surface area contributed by atoms with Crippen LogP contribution in [0.3, 0.4) is 0 Å². The smallest absolute Gasteiger partial charge is 0.305 e. The number of aryl methyl sites for hydroxylation is 2. The van der Waals surface area contributed by atoms with E-state index in [1.807, 2.05) is 71.9 Å². The minimum absolute atomic E-state index is 0.0282. The van der Waals surface area contributed by atoms with Crippen LogP contribution in [0.2, 0.25) is 0 Å². The fourth-order valence-electron chi connectivity index (χ4n) is 9.73. The number of aromatic nitrogens is 6. The molecule has 8 bridgehead atoms. The van der Waals surface area contributed by atoms with Crippen molar-refractivity contribution in [2.24, 2.45) is 5.92 Å². The Bertz CT molecular complexity index is 2960. The molecule has 0 saturated carbocycles. The van der Waals surface area contributed by atoms with Gasteiger partial charge in [0.2, 0.25) is 17.7 Å². The number of carbonyl (C=O) groups is 5. The van der Waals surface area contributed by atoms with Gasteiger partial charge in [0.1, 0.15) is 12.1 Å². The molecule has 74 heavy (non-hydrogen) atoms. The summed E-state index contributed by atoms with van der Waals surface area (Å²) in [6.07, 6.45) is 16.1. The number of unbranched alkanes of at least 4 members (excludes halogenated alkanes) is 7. The van der Waals surface area contributed by atoms with E-state index < -0.39 is 24.0 Å². The maximum absolute atomic E-state index is 14.2. The number of aromatic amines is 3. The molecule has 2 atom stereocenters. The minimum Gasteiger partial charge on any atom is -0.481 e. The van der Waals surface area contributed by atoms with Crippen LogP contribution in [-0.4, -0.2) is 90.4 Å². The molecule has 394 valence electrons. The van der Waals surface area contributed by atoms with E-state index in [1.165, 1.54) is 13.4 Å². The van der Waals surface area contributed by atoms with E-state index in [1.54, 1.807) is 6.20 Å². The summed E-state index contributed by atoms with van der Waals surface area (Å²) in [5.74, 6) is -2.17. The Kier molecular flexibility index (Phi) is 20.1. The third-order valence-electron chi connectivity index (χ3n) is 14.0. The monoisotopic (exact) mass is 1010 g/mol. The van der Waals surface area contributed by atoms with E-state index >= 15 is 0 Å². The lowest BCUT2D eigenvalue weighted by molar-refractivity contribution is -0.141. The summed E-state index contributed by atoms with van der Waals surface area (Å²) >= 11 is 0. The van der Waals surface area contributed by atoms with E-state index in [4.69, 9.17) is 14.7 Å². The number of carboxylic acid groups (broad SMARTS) is 1. The highest BCUT2D eigenvalue weighted by atomic mass is 16.5. The average molecular weight is 1010 g/mol. The lowest BCUT2D eigenvalue weighted by Gasteiger charge is -2.24. The maximum Gasteiger partial charge on any atom is 0.305 e. The standard InChI is InChI=1S/C58H75N9O7/c1-10-40-35(5)44-28-45-37(7)42(50(64-45)31-51-43(22-24-55(69)70)38(8)47(65-51)30-49-41(11-2)36(6)46(63-49)29-48(40)62-44)21-23-54(68)66-52(26-34(3)4)58(73)67-53(27-39-32-59-33-61-39)57(72)60-25-19-17-15-13-12-14-16-18-20-56(71)74-9/h10-11,28-34,52-53,62-63H,1-2,12-27H2,3-9H3,(H,59,61)(H,60,72)(H,66,68)(H,67,73)(H,69,70). The van der Waals surface area contributed by atoms with Crippen molar-refractivity contribution < 1.29 is 33.8 Å². The molecule has 6 heterocycles. The largest absolute Gasteiger partial charge is 0.481 e. The average Bonchev–Trinajstić information content (AvgIpc) is 4.17. The predicted octanol–water partition coefficient (Wildman–Crippen LogP) is 10.5. The highest BCUT2D eigenvalue weighted by molar-refractivity contribution is 5.98. The van der Waals surface area contributed by atoms with Gasteiger partial charge in [-0.1, -0.05) is 77.7 Å². The number of carbonyl (C=O) groups excluding carboxylic acids is 4. The number of ether oxygens (including phenoxy) is 1. The van der Waals surface area contributed by atoms with Crippen molar-refractivity contribution in [1.29, 1.82) is 0 Å². The second kappa shape index (κ2) is 26.5. The van der Waals surface area contributed by atoms with Crippen LogP contribution in [0.5, 0.6) is 0 Å². The van der Waals surface area contributed by atoms with E-state index in [2.05, 4.69) is 55.1 Å². The SMILES string of the molecule is C=Cc1c(C)c2cc3[nH]c(cc4nc(cc5nc(cc1[nH]2)C(C)=C5CCC(=O)O)C(CCC(=O)NC(CC(C)C)C(=O)NC(Cc1cnc[nH]1)C(=O)NCCCCCCCCCCC(=O)OC)=C4C)c(C)c3C=C. The molecule has 16 nitrogen and oxygen atoms in total. The van der Waals surface area contributed by atoms with E-state index in [0.717, 1.165) is 118 Å². The predicted molar refractivity (Wildman–Crippen MR) is 294 cm³/mol. The Labute approximate surface area is 434 Å². The Morgan fingerprint density at radius 2 is 1.23 bits per heavy atom. The first-order chi connectivity index (χ1) is 35.5. The van der Waals surface area contributed by atoms with Gasteiger partial charge in [-0.05, 0) is 123 Å². The zero-order chi connectivity index (χ0) is 53.5. The fourth-order valence-corrected chi connectivity index (χ4v) is 9.73. The second-order valence-electron chi connectivity index (χ2n) is 19.9. The molecule has 0 spiro atoms. The fraction of sp³-hybridized carbons (Fsp3) is 0.448. The molecule has 0 radical (unpaired) electrons. The molecule has 16 heteroatoms. The van der Waals surface area contributed by atoms with Crippen molar-refractivity contribution in [3.63, 3.8) is 0 Å². The number of rotatable bonds is 27. The van der Waals surface area contributed by atoms with Crippen LogP contribution in [0.25, 0.3) is 56.5 Å². The molecule has 2 aliphatic heterocycles. The molecule has 0 fully saturated rings. The van der Waals surface area contributed by atoms with E-state index in [9.17, 15) is 29.1 Å². The first-order valence-electron chi connectivity index (χ1n) is 26.1. The number of nitrogens with one attached hydrogen (secondary N) is 6. The lowest BCUT2D eigenvalue weighted by atomic mass is 9.97. The van der Waals surface area contributed by atoms with Crippen LogP contribution in [0.15, 0.2) is 49.9 Å². The van der Waals surface area contributed by atoms with Gasteiger partial charge in [-0.3, -0.25) is 24.0 Å². The van der Waals surface area contributed by atoms with Crippen LogP contribution in [-0.2, 0) is 35.1 Å². The normalized spacial score (nSPS) is 13.2. The van der Waals surface area contributed by atoms with Gasteiger partial charge in [0.25, 0.3) is 0 Å². The first kappa shape index (κ1) is 55.9. The van der Waals surface area contributed by atoms with Crippen LogP contribution in [0.1, 0.15) is 168 Å². The zero-order valence-corrected chi connectivity index (χ0v) is 44.3. The van der Waals surface area contributed by atoms with Gasteiger partial charge in [0.05, 0.1) is 36.2 Å². The van der Waals surface area contributed by atoms with Crippen LogP contribution < -0.4 is 16.0 Å². The number of esters is 1. The quantitative estimate of drug-likeness (QED) is 0.0220. The van der Waals surface area contributed by atoms with Crippen molar-refractivity contribution in [2.75, 3.05) is 13.7 Å².